The number of halogens is 3. The van der Waals surface area contributed by atoms with Crippen LogP contribution in [0.25, 0.3) is 0 Å². The van der Waals surface area contributed by atoms with E-state index in [9.17, 15) is 18.3 Å². The molecule has 19 heavy (non-hydrogen) atoms. The van der Waals surface area contributed by atoms with Crippen LogP contribution in [0, 0.1) is 5.92 Å². The summed E-state index contributed by atoms with van der Waals surface area (Å²) in [6.45, 7) is 2.77. The molecule has 1 heterocycles. The van der Waals surface area contributed by atoms with Gasteiger partial charge in [0.15, 0.2) is 0 Å². The van der Waals surface area contributed by atoms with Crippen LogP contribution in [0.1, 0.15) is 44.6 Å². The predicted octanol–water partition coefficient (Wildman–Crippen LogP) is 3.23. The van der Waals surface area contributed by atoms with Crippen molar-refractivity contribution < 1.29 is 18.3 Å². The molecule has 0 saturated heterocycles. The zero-order valence-electron chi connectivity index (χ0n) is 11.0. The molecule has 0 radical (unpaired) electrons. The van der Waals surface area contributed by atoms with E-state index in [0.29, 0.717) is 5.56 Å². The average Bonchev–Trinajstić information content (AvgIpc) is 2.78. The van der Waals surface area contributed by atoms with Gasteiger partial charge in [0, 0.05) is 18.3 Å². The third-order valence-corrected chi connectivity index (χ3v) is 3.90. The van der Waals surface area contributed by atoms with E-state index < -0.39 is 17.7 Å². The van der Waals surface area contributed by atoms with Crippen molar-refractivity contribution in [2.24, 2.45) is 5.92 Å². The van der Waals surface area contributed by atoms with Crippen molar-refractivity contribution in [3.63, 3.8) is 0 Å². The Morgan fingerprint density at radius 1 is 1.42 bits per heavy atom. The largest absolute Gasteiger partial charge is 0.391 e. The van der Waals surface area contributed by atoms with Gasteiger partial charge in [0.2, 0.25) is 0 Å². The summed E-state index contributed by atoms with van der Waals surface area (Å²) in [6.07, 6.45) is 0.367. The van der Waals surface area contributed by atoms with Crippen LogP contribution < -0.4 is 0 Å². The van der Waals surface area contributed by atoms with E-state index in [-0.39, 0.29) is 25.7 Å². The molecule has 0 aromatic carbocycles. The first-order chi connectivity index (χ1) is 8.85. The first kappa shape index (κ1) is 14.4. The van der Waals surface area contributed by atoms with Crippen molar-refractivity contribution >= 4 is 0 Å². The van der Waals surface area contributed by atoms with Crippen molar-refractivity contribution in [2.45, 2.75) is 57.3 Å². The predicted molar refractivity (Wildman–Crippen MR) is 64.4 cm³/mol. The quantitative estimate of drug-likeness (QED) is 0.920. The molecule has 1 N–H and O–H groups in total. The van der Waals surface area contributed by atoms with E-state index in [1.54, 1.807) is 17.1 Å². The van der Waals surface area contributed by atoms with Gasteiger partial charge < -0.3 is 5.11 Å². The lowest BCUT2D eigenvalue weighted by Crippen LogP contribution is -2.36. The number of aryl methyl sites for hydroxylation is 1. The minimum absolute atomic E-state index is 0.0149. The monoisotopic (exact) mass is 276 g/mol. The van der Waals surface area contributed by atoms with Gasteiger partial charge in [-0.05, 0) is 32.1 Å². The zero-order valence-corrected chi connectivity index (χ0v) is 11.0. The van der Waals surface area contributed by atoms with Crippen molar-refractivity contribution in [2.75, 3.05) is 0 Å². The second kappa shape index (κ2) is 5.15. The van der Waals surface area contributed by atoms with E-state index in [4.69, 9.17) is 0 Å². The minimum atomic E-state index is -4.15. The normalized spacial score (nSPS) is 28.6. The summed E-state index contributed by atoms with van der Waals surface area (Å²) >= 11 is 0. The molecule has 1 saturated carbocycles. The number of alkyl halides is 3. The summed E-state index contributed by atoms with van der Waals surface area (Å²) in [6, 6.07) is 0. The fourth-order valence-corrected chi connectivity index (χ4v) is 2.67. The van der Waals surface area contributed by atoms with Crippen molar-refractivity contribution in [3.8, 4) is 0 Å². The van der Waals surface area contributed by atoms with E-state index in [0.717, 1.165) is 13.0 Å². The summed E-state index contributed by atoms with van der Waals surface area (Å²) in [5, 5.41) is 14.6. The van der Waals surface area contributed by atoms with Gasteiger partial charge in [-0.15, -0.1) is 0 Å². The highest BCUT2D eigenvalue weighted by molar-refractivity contribution is 5.16. The maximum Gasteiger partial charge on any atom is 0.391 e. The summed E-state index contributed by atoms with van der Waals surface area (Å²) in [5.74, 6) is -1.28. The Morgan fingerprint density at radius 2 is 2.05 bits per heavy atom. The SMILES string of the molecule is CCCn1cc(C2(O)CCC(C(F)(F)F)CC2)cn1. The molecule has 0 spiro atoms. The molecule has 108 valence electrons. The van der Waals surface area contributed by atoms with Gasteiger partial charge in [-0.25, -0.2) is 0 Å². The standard InChI is InChI=1S/C13H19F3N2O/c1-2-7-18-9-11(8-17-18)12(19)5-3-10(4-6-12)13(14,15)16/h8-10,19H,2-7H2,1H3. The fraction of sp³-hybridized carbons (Fsp3) is 0.769. The van der Waals surface area contributed by atoms with Gasteiger partial charge in [-0.2, -0.15) is 18.3 Å². The van der Waals surface area contributed by atoms with Crippen LogP contribution in [-0.2, 0) is 12.1 Å². The highest BCUT2D eigenvalue weighted by atomic mass is 19.4. The molecule has 1 aromatic rings. The van der Waals surface area contributed by atoms with Gasteiger partial charge in [0.05, 0.1) is 17.7 Å². The first-order valence-electron chi connectivity index (χ1n) is 6.67. The maximum absolute atomic E-state index is 12.6. The Balaban J connectivity index is 2.04. The topological polar surface area (TPSA) is 38.0 Å². The van der Waals surface area contributed by atoms with Crippen LogP contribution >= 0.6 is 0 Å². The zero-order chi connectivity index (χ0) is 14.1. The van der Waals surface area contributed by atoms with Crippen LogP contribution in [0.5, 0.6) is 0 Å². The first-order valence-corrected chi connectivity index (χ1v) is 6.67. The fourth-order valence-electron chi connectivity index (χ4n) is 2.67. The van der Waals surface area contributed by atoms with E-state index in [1.807, 2.05) is 6.92 Å². The van der Waals surface area contributed by atoms with Gasteiger partial charge in [-0.3, -0.25) is 4.68 Å². The Hall–Kier alpha value is -1.04. The van der Waals surface area contributed by atoms with Crippen molar-refractivity contribution in [3.05, 3.63) is 18.0 Å². The number of rotatable bonds is 3. The molecule has 0 atom stereocenters. The van der Waals surface area contributed by atoms with Gasteiger partial charge >= 0.3 is 6.18 Å². The molecular formula is C13H19F3N2O. The highest BCUT2D eigenvalue weighted by Gasteiger charge is 2.46. The van der Waals surface area contributed by atoms with Crippen molar-refractivity contribution in [1.29, 1.82) is 0 Å². The number of aliphatic hydroxyl groups is 1. The Labute approximate surface area is 110 Å². The van der Waals surface area contributed by atoms with Gasteiger partial charge in [0.1, 0.15) is 0 Å². The third kappa shape index (κ3) is 3.11. The molecule has 1 aliphatic rings. The van der Waals surface area contributed by atoms with Crippen LogP contribution in [-0.4, -0.2) is 21.1 Å². The third-order valence-electron chi connectivity index (χ3n) is 3.90. The molecule has 1 aromatic heterocycles. The van der Waals surface area contributed by atoms with E-state index >= 15 is 0 Å². The van der Waals surface area contributed by atoms with E-state index in [1.165, 1.54) is 0 Å². The molecule has 1 fully saturated rings. The Kier molecular flexibility index (Phi) is 3.90. The molecule has 6 heteroatoms. The average molecular weight is 276 g/mol. The minimum Gasteiger partial charge on any atom is -0.385 e. The molecule has 1 aliphatic carbocycles. The molecular weight excluding hydrogens is 257 g/mol. The lowest BCUT2D eigenvalue weighted by molar-refractivity contribution is -0.193. The number of aromatic nitrogens is 2. The summed E-state index contributed by atoms with van der Waals surface area (Å²) in [7, 11) is 0. The smallest absolute Gasteiger partial charge is 0.385 e. The molecule has 0 unspecified atom stereocenters. The second-order valence-electron chi connectivity index (χ2n) is 5.34. The van der Waals surface area contributed by atoms with Crippen LogP contribution in [0.15, 0.2) is 12.4 Å². The Morgan fingerprint density at radius 3 is 2.58 bits per heavy atom. The molecule has 2 rings (SSSR count). The number of hydrogen-bond acceptors (Lipinski definition) is 2. The molecule has 0 amide bonds. The number of nitrogens with zero attached hydrogens (tertiary/aromatic N) is 2. The van der Waals surface area contributed by atoms with E-state index in [2.05, 4.69) is 5.10 Å². The van der Waals surface area contributed by atoms with Crippen LogP contribution in [0.2, 0.25) is 0 Å². The summed E-state index contributed by atoms with van der Waals surface area (Å²) in [4.78, 5) is 0. The van der Waals surface area contributed by atoms with Crippen LogP contribution in [0.4, 0.5) is 13.2 Å². The Bertz CT molecular complexity index is 420. The van der Waals surface area contributed by atoms with Crippen LogP contribution in [0.3, 0.4) is 0 Å². The van der Waals surface area contributed by atoms with Crippen molar-refractivity contribution in [1.82, 2.24) is 9.78 Å². The molecule has 0 bridgehead atoms. The summed E-state index contributed by atoms with van der Waals surface area (Å²) in [5.41, 5.74) is -0.505. The molecule has 0 aliphatic heterocycles. The molecule has 3 nitrogen and oxygen atoms in total. The highest BCUT2D eigenvalue weighted by Crippen LogP contribution is 2.44. The lowest BCUT2D eigenvalue weighted by Gasteiger charge is -2.36. The van der Waals surface area contributed by atoms with Gasteiger partial charge in [-0.1, -0.05) is 6.92 Å². The maximum atomic E-state index is 12.6. The lowest BCUT2D eigenvalue weighted by atomic mass is 9.76. The summed E-state index contributed by atoms with van der Waals surface area (Å²) < 4.78 is 39.5. The second-order valence-corrected chi connectivity index (χ2v) is 5.34. The van der Waals surface area contributed by atoms with Gasteiger partial charge in [0.25, 0.3) is 0 Å². The number of hydrogen-bond donors (Lipinski definition) is 1.